The minimum atomic E-state index is -0.538. The van der Waals surface area contributed by atoms with Gasteiger partial charge in [0.05, 0.1) is 24.1 Å². The Labute approximate surface area is 234 Å². The summed E-state index contributed by atoms with van der Waals surface area (Å²) in [7, 11) is 1.35. The monoisotopic (exact) mass is 540 g/mol. The van der Waals surface area contributed by atoms with Gasteiger partial charge in [-0.05, 0) is 62.4 Å². The lowest BCUT2D eigenvalue weighted by Crippen LogP contribution is -2.41. The largest absolute Gasteiger partial charge is 0.469 e. The van der Waals surface area contributed by atoms with Crippen molar-refractivity contribution in [3.63, 3.8) is 0 Å². The van der Waals surface area contributed by atoms with E-state index in [9.17, 15) is 14.4 Å². The summed E-state index contributed by atoms with van der Waals surface area (Å²) >= 11 is 0. The van der Waals surface area contributed by atoms with Gasteiger partial charge in [-0.25, -0.2) is 9.78 Å². The lowest BCUT2D eigenvalue weighted by atomic mass is 10.1. The van der Waals surface area contributed by atoms with Gasteiger partial charge in [0.2, 0.25) is 0 Å². The minimum absolute atomic E-state index is 0.175. The molecule has 1 aromatic heterocycles. The molecular weight excluding hydrogens is 504 g/mol. The van der Waals surface area contributed by atoms with Crippen LogP contribution in [-0.4, -0.2) is 40.1 Å². The van der Waals surface area contributed by atoms with Crippen molar-refractivity contribution in [2.24, 2.45) is 0 Å². The van der Waals surface area contributed by atoms with Crippen molar-refractivity contribution in [1.82, 2.24) is 14.5 Å². The topological polar surface area (TPSA) is 93.5 Å². The van der Waals surface area contributed by atoms with Gasteiger partial charge in [0.1, 0.15) is 5.82 Å². The van der Waals surface area contributed by atoms with E-state index in [1.165, 1.54) is 7.11 Å². The molecule has 40 heavy (non-hydrogen) atoms. The van der Waals surface area contributed by atoms with Crippen LogP contribution >= 0.6 is 0 Å². The fourth-order valence-electron chi connectivity index (χ4n) is 4.90. The van der Waals surface area contributed by atoms with Crippen LogP contribution in [0.1, 0.15) is 48.3 Å². The normalized spacial score (nSPS) is 11.7. The number of benzene rings is 3. The first-order valence-electron chi connectivity index (χ1n) is 13.5. The third kappa shape index (κ3) is 6.57. The molecule has 1 atom stereocenters. The maximum atomic E-state index is 13.9. The minimum Gasteiger partial charge on any atom is -0.469 e. The van der Waals surface area contributed by atoms with Crippen LogP contribution in [0.15, 0.2) is 77.6 Å². The third-order valence-electron chi connectivity index (χ3n) is 7.18. The Morgan fingerprint density at radius 3 is 2.35 bits per heavy atom. The smallest absolute Gasteiger partial charge is 0.322 e. The SMILES string of the molecule is COC(=O)CCCn1c(C(C)N(CCc2ccccc2)C(=O)Nc2c(C)cccc2C)nc2ccccc2c1=O. The molecule has 0 aliphatic heterocycles. The second-order valence-corrected chi connectivity index (χ2v) is 9.93. The number of rotatable bonds is 10. The standard InChI is InChI=1S/C32H36N4O4/c1-22-12-10-13-23(2)29(22)34-32(39)35(21-19-25-14-6-5-7-15-25)24(3)30-33-27-17-9-8-16-26(27)31(38)36(30)20-11-18-28(37)40-4/h5-10,12-17,24H,11,18-21H2,1-4H3,(H,34,39). The maximum Gasteiger partial charge on any atom is 0.322 e. The number of aryl methyl sites for hydroxylation is 2. The second-order valence-electron chi connectivity index (χ2n) is 9.93. The molecule has 1 heterocycles. The number of nitrogens with one attached hydrogen (secondary N) is 1. The molecule has 2 amide bonds. The molecule has 4 rings (SSSR count). The Balaban J connectivity index is 1.74. The van der Waals surface area contributed by atoms with Gasteiger partial charge in [-0.3, -0.25) is 14.2 Å². The molecule has 0 saturated heterocycles. The molecule has 0 fully saturated rings. The highest BCUT2D eigenvalue weighted by atomic mass is 16.5. The number of methoxy groups -OCH3 is 1. The van der Waals surface area contributed by atoms with Crippen molar-refractivity contribution >= 4 is 28.6 Å². The first kappa shape index (κ1) is 28.5. The van der Waals surface area contributed by atoms with E-state index in [1.807, 2.05) is 75.4 Å². The Morgan fingerprint density at radius 2 is 1.65 bits per heavy atom. The van der Waals surface area contributed by atoms with E-state index in [2.05, 4.69) is 5.32 Å². The number of esters is 1. The highest BCUT2D eigenvalue weighted by molar-refractivity contribution is 5.91. The summed E-state index contributed by atoms with van der Waals surface area (Å²) in [5, 5.41) is 3.61. The van der Waals surface area contributed by atoms with Crippen LogP contribution < -0.4 is 10.9 Å². The van der Waals surface area contributed by atoms with E-state index < -0.39 is 6.04 Å². The zero-order valence-electron chi connectivity index (χ0n) is 23.5. The summed E-state index contributed by atoms with van der Waals surface area (Å²) in [5.41, 5.74) is 4.17. The number of aromatic nitrogens is 2. The molecule has 208 valence electrons. The average Bonchev–Trinajstić information content (AvgIpc) is 2.96. The van der Waals surface area contributed by atoms with Crippen molar-refractivity contribution in [2.75, 3.05) is 19.0 Å². The molecule has 0 aliphatic rings. The summed E-state index contributed by atoms with van der Waals surface area (Å²) in [4.78, 5) is 45.9. The zero-order chi connectivity index (χ0) is 28.6. The average molecular weight is 541 g/mol. The van der Waals surface area contributed by atoms with E-state index in [0.717, 1.165) is 22.4 Å². The van der Waals surface area contributed by atoms with Crippen LogP contribution in [0.25, 0.3) is 10.9 Å². The summed E-state index contributed by atoms with van der Waals surface area (Å²) < 4.78 is 6.38. The summed E-state index contributed by atoms with van der Waals surface area (Å²) in [6.45, 7) is 6.50. The molecule has 8 heteroatoms. The number of hydrogen-bond acceptors (Lipinski definition) is 5. The molecular formula is C32H36N4O4. The molecule has 8 nitrogen and oxygen atoms in total. The number of hydrogen-bond donors (Lipinski definition) is 1. The van der Waals surface area contributed by atoms with Gasteiger partial charge in [-0.15, -0.1) is 0 Å². The van der Waals surface area contributed by atoms with Crippen LogP contribution in [0, 0.1) is 13.8 Å². The van der Waals surface area contributed by atoms with Gasteiger partial charge >= 0.3 is 12.0 Å². The highest BCUT2D eigenvalue weighted by Crippen LogP contribution is 2.25. The number of nitrogens with zero attached hydrogens (tertiary/aromatic N) is 3. The Kier molecular flexibility index (Phi) is 9.32. The van der Waals surface area contributed by atoms with E-state index in [-0.39, 0.29) is 30.5 Å². The fourth-order valence-corrected chi connectivity index (χ4v) is 4.90. The van der Waals surface area contributed by atoms with Crippen molar-refractivity contribution in [2.45, 2.75) is 52.6 Å². The Morgan fingerprint density at radius 1 is 0.975 bits per heavy atom. The van der Waals surface area contributed by atoms with Crippen molar-refractivity contribution in [3.05, 3.63) is 106 Å². The molecule has 1 unspecified atom stereocenters. The number of ether oxygens (including phenoxy) is 1. The number of fused-ring (bicyclic) bond motifs is 1. The van der Waals surface area contributed by atoms with Gasteiger partial charge < -0.3 is 15.0 Å². The van der Waals surface area contributed by atoms with Crippen molar-refractivity contribution < 1.29 is 14.3 Å². The van der Waals surface area contributed by atoms with E-state index in [4.69, 9.17) is 9.72 Å². The lowest BCUT2D eigenvalue weighted by molar-refractivity contribution is -0.140. The van der Waals surface area contributed by atoms with E-state index in [1.54, 1.807) is 27.7 Å². The first-order chi connectivity index (χ1) is 19.3. The second kappa shape index (κ2) is 13.1. The number of amides is 2. The number of carbonyl (C=O) groups excluding carboxylic acids is 2. The predicted molar refractivity (Wildman–Crippen MR) is 157 cm³/mol. The fraction of sp³-hybridized carbons (Fsp3) is 0.312. The quantitative estimate of drug-likeness (QED) is 0.257. The molecule has 0 aliphatic carbocycles. The maximum absolute atomic E-state index is 13.9. The third-order valence-corrected chi connectivity index (χ3v) is 7.18. The molecule has 4 aromatic rings. The summed E-state index contributed by atoms with van der Waals surface area (Å²) in [6.07, 6.45) is 1.21. The zero-order valence-corrected chi connectivity index (χ0v) is 23.5. The number of anilines is 1. The molecule has 1 N–H and O–H groups in total. The van der Waals surface area contributed by atoms with Crippen LogP contribution in [-0.2, 0) is 22.5 Å². The molecule has 0 saturated carbocycles. The van der Waals surface area contributed by atoms with Crippen LogP contribution in [0.4, 0.5) is 10.5 Å². The number of carbonyl (C=O) groups is 2. The van der Waals surface area contributed by atoms with Gasteiger partial charge in [-0.2, -0.15) is 0 Å². The van der Waals surface area contributed by atoms with Gasteiger partial charge in [0.15, 0.2) is 0 Å². The Bertz CT molecular complexity index is 1530. The Hall–Kier alpha value is -4.46. The highest BCUT2D eigenvalue weighted by Gasteiger charge is 2.27. The van der Waals surface area contributed by atoms with E-state index >= 15 is 0 Å². The molecule has 0 radical (unpaired) electrons. The van der Waals surface area contributed by atoms with Gasteiger partial charge in [-0.1, -0.05) is 60.7 Å². The number of para-hydroxylation sites is 2. The van der Waals surface area contributed by atoms with Crippen LogP contribution in [0.2, 0.25) is 0 Å². The molecule has 0 bridgehead atoms. The van der Waals surface area contributed by atoms with Crippen molar-refractivity contribution in [1.29, 1.82) is 0 Å². The van der Waals surface area contributed by atoms with Crippen LogP contribution in [0.3, 0.4) is 0 Å². The van der Waals surface area contributed by atoms with E-state index in [0.29, 0.717) is 36.1 Å². The van der Waals surface area contributed by atoms with Gasteiger partial charge in [0.25, 0.3) is 5.56 Å². The molecule has 3 aromatic carbocycles. The number of urea groups is 1. The van der Waals surface area contributed by atoms with Crippen molar-refractivity contribution in [3.8, 4) is 0 Å². The molecule has 0 spiro atoms. The first-order valence-corrected chi connectivity index (χ1v) is 13.5. The summed E-state index contributed by atoms with van der Waals surface area (Å²) in [5.74, 6) is 0.132. The summed E-state index contributed by atoms with van der Waals surface area (Å²) in [6, 6.07) is 22.2. The van der Waals surface area contributed by atoms with Crippen LogP contribution in [0.5, 0.6) is 0 Å². The van der Waals surface area contributed by atoms with Gasteiger partial charge in [0, 0.05) is 25.2 Å². The predicted octanol–water partition coefficient (Wildman–Crippen LogP) is 5.80. The lowest BCUT2D eigenvalue weighted by Gasteiger charge is -2.31.